The van der Waals surface area contributed by atoms with Crippen molar-refractivity contribution in [3.63, 3.8) is 0 Å². The summed E-state index contributed by atoms with van der Waals surface area (Å²) in [5, 5.41) is 4.92. The molecule has 27 heavy (non-hydrogen) atoms. The highest BCUT2D eigenvalue weighted by Crippen LogP contribution is 2.19. The van der Waals surface area contributed by atoms with Gasteiger partial charge >= 0.3 is 5.97 Å². The Kier molecular flexibility index (Phi) is 6.21. The van der Waals surface area contributed by atoms with Gasteiger partial charge in [-0.1, -0.05) is 79.7 Å². The number of nitrogens with one attached hydrogen (secondary N) is 1. The number of esters is 1. The van der Waals surface area contributed by atoms with Crippen molar-refractivity contribution in [2.45, 2.75) is 19.3 Å². The van der Waals surface area contributed by atoms with E-state index in [0.29, 0.717) is 6.54 Å². The number of amides is 1. The van der Waals surface area contributed by atoms with Crippen LogP contribution in [0, 0.1) is 0 Å². The van der Waals surface area contributed by atoms with Crippen LogP contribution in [0.25, 0.3) is 10.8 Å². The van der Waals surface area contributed by atoms with Gasteiger partial charge in [-0.2, -0.15) is 0 Å². The van der Waals surface area contributed by atoms with E-state index in [-0.39, 0.29) is 24.9 Å². The van der Waals surface area contributed by atoms with Gasteiger partial charge in [0, 0.05) is 6.54 Å². The van der Waals surface area contributed by atoms with Gasteiger partial charge in [0.25, 0.3) is 5.91 Å². The number of hydrogen-bond acceptors (Lipinski definition) is 3. The van der Waals surface area contributed by atoms with E-state index in [1.54, 1.807) is 0 Å². The lowest BCUT2D eigenvalue weighted by Gasteiger charge is -2.13. The van der Waals surface area contributed by atoms with Crippen molar-refractivity contribution in [2.24, 2.45) is 0 Å². The second-order valence-electron chi connectivity index (χ2n) is 6.59. The summed E-state index contributed by atoms with van der Waals surface area (Å²) >= 11 is 0. The lowest BCUT2D eigenvalue weighted by Crippen LogP contribution is -2.31. The normalized spacial score (nSPS) is 11.7. The van der Waals surface area contributed by atoms with Gasteiger partial charge in [-0.05, 0) is 27.8 Å². The Bertz CT molecular complexity index is 916. The Morgan fingerprint density at radius 2 is 1.63 bits per heavy atom. The lowest BCUT2D eigenvalue weighted by molar-refractivity contribution is -0.147. The standard InChI is InChI=1S/C23H23NO3/c1-17(18-8-3-2-4-9-18)15-24-22(25)16-27-23(26)14-20-12-7-11-19-10-5-6-13-21(19)20/h2-13,17H,14-16H2,1H3,(H,24,25)/t17-/m1/s1. The van der Waals surface area contributed by atoms with Gasteiger partial charge in [0.2, 0.25) is 0 Å². The smallest absolute Gasteiger partial charge is 0.310 e. The van der Waals surface area contributed by atoms with E-state index in [1.807, 2.05) is 79.7 Å². The number of fused-ring (bicyclic) bond motifs is 1. The number of carbonyl (C=O) groups is 2. The summed E-state index contributed by atoms with van der Waals surface area (Å²) in [6.45, 7) is 2.29. The minimum absolute atomic E-state index is 0.148. The van der Waals surface area contributed by atoms with E-state index in [1.165, 1.54) is 0 Å². The number of ether oxygens (including phenoxy) is 1. The lowest BCUT2D eigenvalue weighted by atomic mass is 10.0. The molecular formula is C23H23NO3. The predicted octanol–water partition coefficient (Wildman–Crippen LogP) is 3.85. The van der Waals surface area contributed by atoms with Crippen molar-refractivity contribution < 1.29 is 14.3 Å². The van der Waals surface area contributed by atoms with Gasteiger partial charge in [-0.25, -0.2) is 0 Å². The van der Waals surface area contributed by atoms with Gasteiger partial charge in [0.05, 0.1) is 6.42 Å². The van der Waals surface area contributed by atoms with Gasteiger partial charge < -0.3 is 10.1 Å². The molecule has 1 N–H and O–H groups in total. The summed E-state index contributed by atoms with van der Waals surface area (Å²) in [6.07, 6.45) is 0.148. The molecule has 0 fully saturated rings. The SMILES string of the molecule is C[C@H](CNC(=O)COC(=O)Cc1cccc2ccccc12)c1ccccc1. The van der Waals surface area contributed by atoms with Crippen LogP contribution in [0.3, 0.4) is 0 Å². The van der Waals surface area contributed by atoms with Gasteiger partial charge in [0.1, 0.15) is 0 Å². The van der Waals surface area contributed by atoms with E-state index in [9.17, 15) is 9.59 Å². The molecular weight excluding hydrogens is 338 g/mol. The first-order valence-corrected chi connectivity index (χ1v) is 9.07. The average molecular weight is 361 g/mol. The molecule has 0 saturated heterocycles. The second kappa shape index (κ2) is 8.99. The molecule has 4 heteroatoms. The van der Waals surface area contributed by atoms with Crippen molar-refractivity contribution in [3.8, 4) is 0 Å². The van der Waals surface area contributed by atoms with Crippen LogP contribution in [0.2, 0.25) is 0 Å². The highest BCUT2D eigenvalue weighted by molar-refractivity contribution is 5.89. The average Bonchev–Trinajstić information content (AvgIpc) is 2.71. The second-order valence-corrected chi connectivity index (χ2v) is 6.59. The first-order chi connectivity index (χ1) is 13.1. The van der Waals surface area contributed by atoms with Crippen LogP contribution in [-0.2, 0) is 20.7 Å². The Morgan fingerprint density at radius 3 is 2.44 bits per heavy atom. The maximum absolute atomic E-state index is 12.1. The van der Waals surface area contributed by atoms with Crippen molar-refractivity contribution in [1.29, 1.82) is 0 Å². The zero-order valence-corrected chi connectivity index (χ0v) is 15.4. The molecule has 0 spiro atoms. The monoisotopic (exact) mass is 361 g/mol. The molecule has 0 unspecified atom stereocenters. The summed E-state index contributed by atoms with van der Waals surface area (Å²) in [4.78, 5) is 24.1. The molecule has 0 bridgehead atoms. The summed E-state index contributed by atoms with van der Waals surface area (Å²) in [5.74, 6) is -0.497. The largest absolute Gasteiger partial charge is 0.455 e. The van der Waals surface area contributed by atoms with Crippen LogP contribution in [0.15, 0.2) is 72.8 Å². The molecule has 3 aromatic rings. The van der Waals surface area contributed by atoms with E-state index in [2.05, 4.69) is 5.32 Å². The Balaban J connectivity index is 1.46. The van der Waals surface area contributed by atoms with Crippen LogP contribution in [0.4, 0.5) is 0 Å². The number of benzene rings is 3. The maximum atomic E-state index is 12.1. The highest BCUT2D eigenvalue weighted by atomic mass is 16.5. The molecule has 0 radical (unpaired) electrons. The number of rotatable bonds is 7. The van der Waals surface area contributed by atoms with Gasteiger partial charge in [0.15, 0.2) is 6.61 Å². The Labute approximate surface area is 159 Å². The molecule has 0 saturated carbocycles. The molecule has 4 nitrogen and oxygen atoms in total. The predicted molar refractivity (Wildman–Crippen MR) is 106 cm³/mol. The fraction of sp³-hybridized carbons (Fsp3) is 0.217. The molecule has 0 aliphatic carbocycles. The highest BCUT2D eigenvalue weighted by Gasteiger charge is 2.12. The third-order valence-electron chi connectivity index (χ3n) is 4.55. The molecule has 3 aromatic carbocycles. The molecule has 138 valence electrons. The van der Waals surface area contributed by atoms with Crippen molar-refractivity contribution >= 4 is 22.6 Å². The Hall–Kier alpha value is -3.14. The fourth-order valence-corrected chi connectivity index (χ4v) is 3.02. The van der Waals surface area contributed by atoms with Gasteiger partial charge in [-0.15, -0.1) is 0 Å². The quantitative estimate of drug-likeness (QED) is 0.651. The molecule has 0 aliphatic heterocycles. The molecule has 1 amide bonds. The van der Waals surface area contributed by atoms with E-state index < -0.39 is 5.97 Å². The van der Waals surface area contributed by atoms with Crippen LogP contribution in [-0.4, -0.2) is 25.0 Å². The van der Waals surface area contributed by atoms with E-state index >= 15 is 0 Å². The number of hydrogen-bond donors (Lipinski definition) is 1. The third kappa shape index (κ3) is 5.17. The maximum Gasteiger partial charge on any atom is 0.310 e. The topological polar surface area (TPSA) is 55.4 Å². The Morgan fingerprint density at radius 1 is 0.926 bits per heavy atom. The zero-order chi connectivity index (χ0) is 19.1. The van der Waals surface area contributed by atoms with Crippen LogP contribution in [0.5, 0.6) is 0 Å². The molecule has 3 rings (SSSR count). The van der Waals surface area contributed by atoms with Crippen LogP contribution < -0.4 is 5.32 Å². The summed E-state index contributed by atoms with van der Waals surface area (Å²) < 4.78 is 5.14. The van der Waals surface area contributed by atoms with E-state index in [4.69, 9.17) is 4.74 Å². The van der Waals surface area contributed by atoms with Crippen molar-refractivity contribution in [3.05, 3.63) is 83.9 Å². The van der Waals surface area contributed by atoms with Crippen molar-refractivity contribution in [2.75, 3.05) is 13.2 Å². The molecule has 0 heterocycles. The zero-order valence-electron chi connectivity index (χ0n) is 15.4. The third-order valence-corrected chi connectivity index (χ3v) is 4.55. The molecule has 1 atom stereocenters. The summed E-state index contributed by atoms with van der Waals surface area (Å²) in [5.41, 5.74) is 2.06. The molecule has 0 aliphatic rings. The van der Waals surface area contributed by atoms with Crippen LogP contribution >= 0.6 is 0 Å². The van der Waals surface area contributed by atoms with Gasteiger partial charge in [-0.3, -0.25) is 9.59 Å². The first-order valence-electron chi connectivity index (χ1n) is 9.07. The first kappa shape index (κ1) is 18.6. The van der Waals surface area contributed by atoms with Crippen molar-refractivity contribution in [1.82, 2.24) is 5.32 Å². The molecule has 0 aromatic heterocycles. The minimum atomic E-state index is -0.405. The summed E-state index contributed by atoms with van der Waals surface area (Å²) in [7, 11) is 0. The van der Waals surface area contributed by atoms with Crippen LogP contribution in [0.1, 0.15) is 24.0 Å². The minimum Gasteiger partial charge on any atom is -0.455 e. The fourth-order valence-electron chi connectivity index (χ4n) is 3.02. The van der Waals surface area contributed by atoms with E-state index in [0.717, 1.165) is 21.9 Å². The summed E-state index contributed by atoms with van der Waals surface area (Å²) in [6, 6.07) is 23.7. The number of carbonyl (C=O) groups excluding carboxylic acids is 2.